The number of hydrogen-bond donors (Lipinski definition) is 1. The van der Waals surface area contributed by atoms with Gasteiger partial charge in [0.1, 0.15) is 6.61 Å². The van der Waals surface area contributed by atoms with E-state index in [1.807, 2.05) is 12.1 Å². The first-order valence-electron chi connectivity index (χ1n) is 10.2. The lowest BCUT2D eigenvalue weighted by atomic mass is 10.2. The van der Waals surface area contributed by atoms with Crippen LogP contribution in [-0.4, -0.2) is 26.3 Å². The molecule has 4 aromatic rings. The molecule has 0 saturated heterocycles. The van der Waals surface area contributed by atoms with Crippen molar-refractivity contribution in [3.05, 3.63) is 86.0 Å². The zero-order valence-corrected chi connectivity index (χ0v) is 21.7. The molecule has 7 nitrogen and oxygen atoms in total. The van der Waals surface area contributed by atoms with Gasteiger partial charge in [-0.1, -0.05) is 41.4 Å². The molecule has 0 aliphatic rings. The van der Waals surface area contributed by atoms with Crippen molar-refractivity contribution in [3.8, 4) is 17.2 Å². The van der Waals surface area contributed by atoms with Crippen LogP contribution in [0.15, 0.2) is 68.6 Å². The van der Waals surface area contributed by atoms with Crippen LogP contribution >= 0.6 is 39.1 Å². The van der Waals surface area contributed by atoms with E-state index >= 15 is 0 Å². The van der Waals surface area contributed by atoms with Crippen molar-refractivity contribution < 1.29 is 23.4 Å². The molecule has 3 aromatic carbocycles. The zero-order valence-electron chi connectivity index (χ0n) is 18.6. The largest absolute Gasteiger partial charge is 0.493 e. The van der Waals surface area contributed by atoms with Crippen LogP contribution in [0.5, 0.6) is 17.2 Å². The summed E-state index contributed by atoms with van der Waals surface area (Å²) in [5.41, 5.74) is 4.40. The number of fused-ring (bicyclic) bond motifs is 1. The molecule has 1 heterocycles. The first kappa shape index (κ1) is 24.9. The maximum Gasteiger partial charge on any atom is 0.307 e. The van der Waals surface area contributed by atoms with Gasteiger partial charge in [-0.2, -0.15) is 5.10 Å². The van der Waals surface area contributed by atoms with Crippen LogP contribution < -0.4 is 19.6 Å². The monoisotopic (exact) mass is 576 g/mol. The fourth-order valence-corrected chi connectivity index (χ4v) is 4.31. The highest BCUT2D eigenvalue weighted by Crippen LogP contribution is 2.37. The molecule has 0 bridgehead atoms. The molecule has 4 rings (SSSR count). The smallest absolute Gasteiger partial charge is 0.307 e. The summed E-state index contributed by atoms with van der Waals surface area (Å²) in [6.07, 6.45) is 1.48. The standard InChI is InChI=1S/C25H19BrCl2N2O5/c1-32-20-5-3-4-15-10-22(35-23(15)20)25(31)30-29-12-14-8-18(26)24(21(9-14)33-2)34-13-16-6-7-17(27)11-19(16)28/h3-12H,13H2,1-2H3,(H,30,31)/b29-12-. The number of hydrogen-bond acceptors (Lipinski definition) is 6. The van der Waals surface area contributed by atoms with E-state index in [-0.39, 0.29) is 12.4 Å². The number of carbonyl (C=O) groups is 1. The van der Waals surface area contributed by atoms with Crippen LogP contribution in [0.3, 0.4) is 0 Å². The predicted octanol–water partition coefficient (Wildman–Crippen LogP) is 6.86. The molecule has 0 unspecified atom stereocenters. The van der Waals surface area contributed by atoms with E-state index in [1.54, 1.807) is 42.5 Å². The molecule has 0 spiro atoms. The molecular formula is C25H19BrCl2N2O5. The van der Waals surface area contributed by atoms with Crippen molar-refractivity contribution in [2.75, 3.05) is 14.2 Å². The van der Waals surface area contributed by atoms with Gasteiger partial charge in [-0.3, -0.25) is 4.79 Å². The minimum atomic E-state index is -0.495. The van der Waals surface area contributed by atoms with Crippen molar-refractivity contribution in [1.82, 2.24) is 5.43 Å². The maximum atomic E-state index is 12.5. The van der Waals surface area contributed by atoms with E-state index < -0.39 is 5.91 Å². The number of methoxy groups -OCH3 is 2. The number of amides is 1. The topological polar surface area (TPSA) is 82.3 Å². The van der Waals surface area contributed by atoms with E-state index in [0.29, 0.717) is 42.9 Å². The molecule has 0 aliphatic heterocycles. The van der Waals surface area contributed by atoms with Crippen molar-refractivity contribution in [2.24, 2.45) is 5.10 Å². The number of halogens is 3. The normalized spacial score (nSPS) is 11.1. The third-order valence-corrected chi connectivity index (χ3v) is 6.15. The first-order chi connectivity index (χ1) is 16.9. The molecule has 1 amide bonds. The number of benzene rings is 3. The molecule has 0 aliphatic carbocycles. The molecule has 0 atom stereocenters. The van der Waals surface area contributed by atoms with E-state index in [4.69, 9.17) is 41.8 Å². The Morgan fingerprint density at radius 3 is 2.63 bits per heavy atom. The summed E-state index contributed by atoms with van der Waals surface area (Å²) in [6.45, 7) is 0.219. The van der Waals surface area contributed by atoms with Crippen molar-refractivity contribution >= 4 is 62.2 Å². The molecule has 10 heteroatoms. The average molecular weight is 578 g/mol. The molecule has 0 fully saturated rings. The number of para-hydroxylation sites is 1. The molecule has 1 N–H and O–H groups in total. The van der Waals surface area contributed by atoms with E-state index in [2.05, 4.69) is 26.5 Å². The van der Waals surface area contributed by atoms with Gasteiger partial charge in [-0.25, -0.2) is 5.43 Å². The Balaban J connectivity index is 1.46. The Morgan fingerprint density at radius 2 is 1.89 bits per heavy atom. The summed E-state index contributed by atoms with van der Waals surface area (Å²) < 4.78 is 22.9. The van der Waals surface area contributed by atoms with Gasteiger partial charge in [0.25, 0.3) is 0 Å². The summed E-state index contributed by atoms with van der Waals surface area (Å²) >= 11 is 15.7. The van der Waals surface area contributed by atoms with E-state index in [0.717, 1.165) is 10.9 Å². The van der Waals surface area contributed by atoms with Crippen molar-refractivity contribution in [2.45, 2.75) is 6.61 Å². The summed E-state index contributed by atoms with van der Waals surface area (Å²) in [4.78, 5) is 12.5. The Morgan fingerprint density at radius 1 is 1.09 bits per heavy atom. The second-order valence-corrected chi connectivity index (χ2v) is 8.94. The minimum absolute atomic E-state index is 0.116. The van der Waals surface area contributed by atoms with Gasteiger partial charge in [0.05, 0.1) is 24.9 Å². The Labute approximate surface area is 219 Å². The molecule has 0 radical (unpaired) electrons. The molecule has 1 aromatic heterocycles. The summed E-state index contributed by atoms with van der Waals surface area (Å²) in [6, 6.07) is 15.7. The van der Waals surface area contributed by atoms with Crippen LogP contribution in [0.2, 0.25) is 10.0 Å². The maximum absolute atomic E-state index is 12.5. The van der Waals surface area contributed by atoms with Crippen LogP contribution in [0.1, 0.15) is 21.7 Å². The van der Waals surface area contributed by atoms with Gasteiger partial charge >= 0.3 is 5.91 Å². The van der Waals surface area contributed by atoms with Gasteiger partial charge in [-0.15, -0.1) is 0 Å². The lowest BCUT2D eigenvalue weighted by Crippen LogP contribution is -2.16. The molecule has 0 saturated carbocycles. The zero-order chi connectivity index (χ0) is 24.9. The average Bonchev–Trinajstić information content (AvgIpc) is 3.29. The van der Waals surface area contributed by atoms with Crippen LogP contribution in [0.4, 0.5) is 0 Å². The Bertz CT molecular complexity index is 1420. The fraction of sp³-hybridized carbons (Fsp3) is 0.120. The predicted molar refractivity (Wildman–Crippen MR) is 139 cm³/mol. The van der Waals surface area contributed by atoms with Crippen LogP contribution in [-0.2, 0) is 6.61 Å². The summed E-state index contributed by atoms with van der Waals surface area (Å²) in [7, 11) is 3.07. The lowest BCUT2D eigenvalue weighted by molar-refractivity contribution is 0.0929. The number of ether oxygens (including phenoxy) is 3. The number of rotatable bonds is 8. The second-order valence-electron chi connectivity index (χ2n) is 7.25. The number of nitrogens with zero attached hydrogens (tertiary/aromatic N) is 1. The fourth-order valence-electron chi connectivity index (χ4n) is 3.27. The number of carbonyl (C=O) groups excluding carboxylic acids is 1. The third kappa shape index (κ3) is 5.73. The van der Waals surface area contributed by atoms with Gasteiger partial charge < -0.3 is 18.6 Å². The van der Waals surface area contributed by atoms with E-state index in [9.17, 15) is 4.79 Å². The molecule has 35 heavy (non-hydrogen) atoms. The lowest BCUT2D eigenvalue weighted by Gasteiger charge is -2.14. The Kier molecular flexibility index (Phi) is 7.85. The van der Waals surface area contributed by atoms with Gasteiger partial charge in [0, 0.05) is 21.0 Å². The first-order valence-corrected chi connectivity index (χ1v) is 11.8. The highest BCUT2D eigenvalue weighted by Gasteiger charge is 2.15. The van der Waals surface area contributed by atoms with Gasteiger partial charge in [0.2, 0.25) is 0 Å². The SMILES string of the molecule is COc1cc(/C=N\NC(=O)c2cc3cccc(OC)c3o2)cc(Br)c1OCc1ccc(Cl)cc1Cl. The summed E-state index contributed by atoms with van der Waals surface area (Å²) in [5, 5.41) is 5.84. The van der Waals surface area contributed by atoms with Crippen LogP contribution in [0.25, 0.3) is 11.0 Å². The highest BCUT2D eigenvalue weighted by atomic mass is 79.9. The van der Waals surface area contributed by atoms with Crippen LogP contribution in [0, 0.1) is 0 Å². The van der Waals surface area contributed by atoms with Gasteiger partial charge in [0.15, 0.2) is 28.6 Å². The van der Waals surface area contributed by atoms with Crippen molar-refractivity contribution in [3.63, 3.8) is 0 Å². The number of furan rings is 1. The third-order valence-electron chi connectivity index (χ3n) is 4.97. The molecule has 180 valence electrons. The minimum Gasteiger partial charge on any atom is -0.493 e. The second kappa shape index (κ2) is 11.0. The molecular weight excluding hydrogens is 559 g/mol. The quantitative estimate of drug-likeness (QED) is 0.183. The number of nitrogens with one attached hydrogen (secondary N) is 1. The van der Waals surface area contributed by atoms with E-state index in [1.165, 1.54) is 20.4 Å². The Hall–Kier alpha value is -3.20. The summed E-state index contributed by atoms with van der Waals surface area (Å²) in [5.74, 6) is 1.13. The number of hydrazone groups is 1. The van der Waals surface area contributed by atoms with Crippen molar-refractivity contribution in [1.29, 1.82) is 0 Å². The van der Waals surface area contributed by atoms with Gasteiger partial charge in [-0.05, 0) is 57.9 Å². The highest BCUT2D eigenvalue weighted by molar-refractivity contribution is 9.10.